The topological polar surface area (TPSA) is 35.0 Å². The van der Waals surface area contributed by atoms with Gasteiger partial charge in [-0.3, -0.25) is 0 Å². The number of rotatable bonds is 2. The van der Waals surface area contributed by atoms with E-state index >= 15 is 0 Å². The van der Waals surface area contributed by atoms with Gasteiger partial charge >= 0.3 is 0 Å². The molecule has 1 aromatic rings. The lowest BCUT2D eigenvalue weighted by Crippen LogP contribution is -1.92. The number of nitrogens with zero attached hydrogens (tertiary/aromatic N) is 2. The predicted molar refractivity (Wildman–Crippen MR) is 28.6 cm³/mol. The molecule has 0 saturated heterocycles. The summed E-state index contributed by atoms with van der Waals surface area (Å²) in [5.74, 6) is 0.208. The van der Waals surface area contributed by atoms with Crippen molar-refractivity contribution in [2.75, 3.05) is 6.86 Å². The summed E-state index contributed by atoms with van der Waals surface area (Å²) in [7, 11) is 0. The summed E-state index contributed by atoms with van der Waals surface area (Å²) in [4.78, 5) is 0. The third-order valence-corrected chi connectivity index (χ3v) is 0.750. The number of hydrogen-bond acceptors (Lipinski definition) is 3. The van der Waals surface area contributed by atoms with Crippen LogP contribution in [0.2, 0.25) is 0 Å². The van der Waals surface area contributed by atoms with Crippen LogP contribution in [0.5, 0.6) is 5.88 Å². The minimum Gasteiger partial charge on any atom is -0.445 e. The molecule has 1 heterocycles. The monoisotopic (exact) mass is 128 g/mol. The molecule has 0 unspecified atom stereocenters. The molecule has 1 rings (SSSR count). The number of halogens is 1. The van der Waals surface area contributed by atoms with Gasteiger partial charge in [-0.05, 0) is 6.07 Å². The number of hydrogen-bond donors (Lipinski definition) is 0. The molecular formula is C5H5FN2O. The first-order valence-electron chi connectivity index (χ1n) is 2.40. The highest BCUT2D eigenvalue weighted by Crippen LogP contribution is 1.99. The fourth-order valence-electron chi connectivity index (χ4n) is 0.420. The summed E-state index contributed by atoms with van der Waals surface area (Å²) in [6.07, 6.45) is 1.49. The quantitative estimate of drug-likeness (QED) is 0.590. The van der Waals surface area contributed by atoms with E-state index in [0.29, 0.717) is 0 Å². The molecule has 48 valence electrons. The SMILES string of the molecule is FCOc1cccnn1. The van der Waals surface area contributed by atoms with Gasteiger partial charge in [-0.2, -0.15) is 5.10 Å². The zero-order valence-electron chi connectivity index (χ0n) is 4.62. The average Bonchev–Trinajstić information content (AvgIpc) is 1.91. The van der Waals surface area contributed by atoms with E-state index in [0.717, 1.165) is 0 Å². The molecule has 0 aliphatic rings. The molecule has 0 aliphatic carbocycles. The molecule has 1 aromatic heterocycles. The molecule has 0 fully saturated rings. The van der Waals surface area contributed by atoms with Gasteiger partial charge in [0.2, 0.25) is 12.7 Å². The fourth-order valence-corrected chi connectivity index (χ4v) is 0.420. The van der Waals surface area contributed by atoms with Crippen molar-refractivity contribution in [1.82, 2.24) is 10.2 Å². The molecule has 0 bridgehead atoms. The highest BCUT2D eigenvalue weighted by atomic mass is 19.1. The highest BCUT2D eigenvalue weighted by Gasteiger charge is 1.88. The smallest absolute Gasteiger partial charge is 0.235 e. The summed E-state index contributed by atoms with van der Waals surface area (Å²) in [5.41, 5.74) is 0. The summed E-state index contributed by atoms with van der Waals surface area (Å²) in [5, 5.41) is 6.92. The molecule has 0 spiro atoms. The van der Waals surface area contributed by atoms with E-state index < -0.39 is 6.86 Å². The molecule has 9 heavy (non-hydrogen) atoms. The second-order valence-electron chi connectivity index (χ2n) is 1.32. The van der Waals surface area contributed by atoms with Gasteiger partial charge in [0.15, 0.2) is 0 Å². The van der Waals surface area contributed by atoms with Crippen LogP contribution in [0, 0.1) is 0 Å². The van der Waals surface area contributed by atoms with Gasteiger partial charge in [-0.15, -0.1) is 5.10 Å². The molecule has 0 atom stereocenters. The van der Waals surface area contributed by atoms with Crippen LogP contribution in [-0.2, 0) is 0 Å². The highest BCUT2D eigenvalue weighted by molar-refractivity contribution is 5.04. The summed E-state index contributed by atoms with van der Waals surface area (Å²) in [6.45, 7) is -0.862. The second-order valence-corrected chi connectivity index (χ2v) is 1.32. The predicted octanol–water partition coefficient (Wildman–Crippen LogP) is 0.782. The fraction of sp³-hybridized carbons (Fsp3) is 0.200. The zero-order valence-corrected chi connectivity index (χ0v) is 4.62. The van der Waals surface area contributed by atoms with Crippen LogP contribution in [0.25, 0.3) is 0 Å². The lowest BCUT2D eigenvalue weighted by Gasteiger charge is -1.94. The van der Waals surface area contributed by atoms with Gasteiger partial charge < -0.3 is 4.74 Å². The van der Waals surface area contributed by atoms with E-state index in [-0.39, 0.29) is 5.88 Å². The van der Waals surface area contributed by atoms with Crippen LogP contribution < -0.4 is 4.74 Å². The van der Waals surface area contributed by atoms with Gasteiger partial charge in [0.25, 0.3) is 0 Å². The zero-order chi connectivity index (χ0) is 6.53. The van der Waals surface area contributed by atoms with E-state index in [9.17, 15) is 4.39 Å². The lowest BCUT2D eigenvalue weighted by molar-refractivity contribution is 0.183. The van der Waals surface area contributed by atoms with Crippen LogP contribution >= 0.6 is 0 Å². The Morgan fingerprint density at radius 1 is 1.67 bits per heavy atom. The van der Waals surface area contributed by atoms with Crippen molar-refractivity contribution in [3.63, 3.8) is 0 Å². The van der Waals surface area contributed by atoms with Crippen molar-refractivity contribution in [3.05, 3.63) is 18.3 Å². The van der Waals surface area contributed by atoms with Gasteiger partial charge in [-0.1, -0.05) is 0 Å². The van der Waals surface area contributed by atoms with E-state index in [1.165, 1.54) is 12.3 Å². The first kappa shape index (κ1) is 5.94. The summed E-state index contributed by atoms with van der Waals surface area (Å²) < 4.78 is 15.8. The molecular weight excluding hydrogens is 123 g/mol. The molecule has 0 saturated carbocycles. The summed E-state index contributed by atoms with van der Waals surface area (Å²) >= 11 is 0. The Kier molecular flexibility index (Phi) is 1.95. The van der Waals surface area contributed by atoms with Gasteiger partial charge in [-0.25, -0.2) is 4.39 Å². The Balaban J connectivity index is 2.61. The molecule has 0 aliphatic heterocycles. The standard InChI is InChI=1S/C5H5FN2O/c6-4-9-5-2-1-3-7-8-5/h1-3H,4H2. The minimum atomic E-state index is -0.862. The molecule has 0 radical (unpaired) electrons. The van der Waals surface area contributed by atoms with E-state index in [2.05, 4.69) is 14.9 Å². The lowest BCUT2D eigenvalue weighted by atomic mass is 10.6. The first-order chi connectivity index (χ1) is 4.43. The molecule has 4 heteroatoms. The van der Waals surface area contributed by atoms with Gasteiger partial charge in [0.1, 0.15) is 0 Å². The Morgan fingerprint density at radius 3 is 3.11 bits per heavy atom. The Hall–Kier alpha value is -1.19. The van der Waals surface area contributed by atoms with Crippen molar-refractivity contribution in [2.45, 2.75) is 0 Å². The molecule has 3 nitrogen and oxygen atoms in total. The van der Waals surface area contributed by atoms with Gasteiger partial charge in [0, 0.05) is 12.3 Å². The van der Waals surface area contributed by atoms with E-state index in [4.69, 9.17) is 0 Å². The van der Waals surface area contributed by atoms with Crippen molar-refractivity contribution in [3.8, 4) is 5.88 Å². The normalized spacial score (nSPS) is 9.00. The van der Waals surface area contributed by atoms with Crippen molar-refractivity contribution in [2.24, 2.45) is 0 Å². The Morgan fingerprint density at radius 2 is 2.56 bits per heavy atom. The van der Waals surface area contributed by atoms with Crippen LogP contribution in [0.3, 0.4) is 0 Å². The number of alkyl halides is 1. The van der Waals surface area contributed by atoms with Crippen LogP contribution in [0.4, 0.5) is 4.39 Å². The Labute approximate surface area is 51.5 Å². The Bertz CT molecular complexity index is 168. The number of ether oxygens (including phenoxy) is 1. The van der Waals surface area contributed by atoms with Crippen LogP contribution in [-0.4, -0.2) is 17.1 Å². The summed E-state index contributed by atoms with van der Waals surface area (Å²) in [6, 6.07) is 3.16. The van der Waals surface area contributed by atoms with Crippen molar-refractivity contribution < 1.29 is 9.13 Å². The largest absolute Gasteiger partial charge is 0.445 e. The molecule has 0 N–H and O–H groups in total. The average molecular weight is 128 g/mol. The minimum absolute atomic E-state index is 0.208. The van der Waals surface area contributed by atoms with Crippen LogP contribution in [0.1, 0.15) is 0 Å². The first-order valence-corrected chi connectivity index (χ1v) is 2.40. The third kappa shape index (κ3) is 1.64. The molecule has 0 amide bonds. The van der Waals surface area contributed by atoms with E-state index in [1.54, 1.807) is 6.07 Å². The maximum Gasteiger partial charge on any atom is 0.235 e. The number of aromatic nitrogens is 2. The third-order valence-electron chi connectivity index (χ3n) is 0.750. The maximum atomic E-state index is 11.4. The second kappa shape index (κ2) is 2.96. The van der Waals surface area contributed by atoms with Crippen LogP contribution in [0.15, 0.2) is 18.3 Å². The molecule has 0 aromatic carbocycles. The van der Waals surface area contributed by atoms with E-state index in [1.807, 2.05) is 0 Å². The van der Waals surface area contributed by atoms with Crippen molar-refractivity contribution in [1.29, 1.82) is 0 Å². The maximum absolute atomic E-state index is 11.4. The van der Waals surface area contributed by atoms with Crippen molar-refractivity contribution >= 4 is 0 Å². The van der Waals surface area contributed by atoms with Gasteiger partial charge in [0.05, 0.1) is 0 Å².